The number of hydrogen-bond donors (Lipinski definition) is 1. The maximum absolute atomic E-state index is 13.1. The van der Waals surface area contributed by atoms with Crippen LogP contribution >= 0.6 is 0 Å². The summed E-state index contributed by atoms with van der Waals surface area (Å²) in [4.78, 5) is 16.5. The van der Waals surface area contributed by atoms with Crippen molar-refractivity contribution in [3.05, 3.63) is 114 Å². The first-order valence-electron chi connectivity index (χ1n) is 12.5. The number of aromatic nitrogens is 1. The Morgan fingerprint density at radius 1 is 0.872 bits per heavy atom. The fourth-order valence-electron chi connectivity index (χ4n) is 4.31. The molecule has 1 atom stereocenters. The maximum Gasteiger partial charge on any atom is 0.337 e. The Hall–Kier alpha value is -4.27. The minimum atomic E-state index is -3.74. The molecule has 1 aromatic heterocycles. The van der Waals surface area contributed by atoms with E-state index in [9.17, 15) is 13.2 Å². The highest BCUT2D eigenvalue weighted by molar-refractivity contribution is 7.89. The lowest BCUT2D eigenvalue weighted by Crippen LogP contribution is -2.27. The van der Waals surface area contributed by atoms with Gasteiger partial charge in [-0.25, -0.2) is 22.9 Å². The zero-order valence-corrected chi connectivity index (χ0v) is 22.4. The minimum Gasteiger partial charge on any atom is -0.487 e. The fourth-order valence-corrected chi connectivity index (χ4v) is 5.47. The van der Waals surface area contributed by atoms with Gasteiger partial charge >= 0.3 is 5.97 Å². The van der Waals surface area contributed by atoms with Crippen LogP contribution in [0.4, 0.5) is 0 Å². The summed E-state index contributed by atoms with van der Waals surface area (Å²) in [6.07, 6.45) is 0. The second kappa shape index (κ2) is 11.2. The smallest absolute Gasteiger partial charge is 0.337 e. The van der Waals surface area contributed by atoms with Gasteiger partial charge in [-0.2, -0.15) is 0 Å². The van der Waals surface area contributed by atoms with Crippen molar-refractivity contribution in [3.8, 4) is 5.75 Å². The molecule has 5 rings (SSSR count). The first-order valence-corrected chi connectivity index (χ1v) is 14.0. The molecule has 0 saturated carbocycles. The molecule has 39 heavy (non-hydrogen) atoms. The number of benzene rings is 4. The predicted octanol–water partition coefficient (Wildman–Crippen LogP) is 5.84. The lowest BCUT2D eigenvalue weighted by atomic mass is 10.0. The van der Waals surface area contributed by atoms with Crippen molar-refractivity contribution in [2.45, 2.75) is 24.3 Å². The van der Waals surface area contributed by atoms with Crippen molar-refractivity contribution in [1.29, 1.82) is 0 Å². The van der Waals surface area contributed by atoms with Gasteiger partial charge < -0.3 is 9.47 Å². The van der Waals surface area contributed by atoms with E-state index in [1.807, 2.05) is 61.5 Å². The number of hydrogen-bond acceptors (Lipinski definition) is 6. The van der Waals surface area contributed by atoms with E-state index >= 15 is 0 Å². The quantitative estimate of drug-likeness (QED) is 0.236. The van der Waals surface area contributed by atoms with Crippen LogP contribution in [0.25, 0.3) is 21.7 Å². The number of esters is 1. The summed E-state index contributed by atoms with van der Waals surface area (Å²) in [5, 5.41) is 2.73. The molecular formula is C31H28N2O5S. The molecule has 5 aromatic rings. The van der Waals surface area contributed by atoms with Crippen LogP contribution in [0, 0.1) is 0 Å². The number of methoxy groups -OCH3 is 1. The molecule has 198 valence electrons. The van der Waals surface area contributed by atoms with Gasteiger partial charge in [0.25, 0.3) is 0 Å². The summed E-state index contributed by atoms with van der Waals surface area (Å²) in [6.45, 7) is 2.43. The van der Waals surface area contributed by atoms with E-state index in [2.05, 4.69) is 9.71 Å². The third-order valence-corrected chi connectivity index (χ3v) is 8.04. The van der Waals surface area contributed by atoms with Crippen LogP contribution in [0.2, 0.25) is 0 Å². The van der Waals surface area contributed by atoms with Crippen LogP contribution < -0.4 is 9.46 Å². The molecule has 7 nitrogen and oxygen atoms in total. The van der Waals surface area contributed by atoms with E-state index in [1.165, 1.54) is 7.11 Å². The second-order valence-electron chi connectivity index (χ2n) is 9.32. The molecule has 0 fully saturated rings. The van der Waals surface area contributed by atoms with E-state index in [-0.39, 0.29) is 17.4 Å². The molecule has 0 aliphatic carbocycles. The zero-order chi connectivity index (χ0) is 27.4. The Morgan fingerprint density at radius 3 is 2.41 bits per heavy atom. The molecule has 4 aromatic carbocycles. The third kappa shape index (κ3) is 6.08. The van der Waals surface area contributed by atoms with Crippen LogP contribution in [0.1, 0.15) is 34.5 Å². The number of nitrogens with zero attached hydrogens (tertiary/aromatic N) is 1. The van der Waals surface area contributed by atoms with Gasteiger partial charge in [-0.1, -0.05) is 55.5 Å². The number of sulfonamides is 1. The van der Waals surface area contributed by atoms with Crippen molar-refractivity contribution in [2.24, 2.45) is 0 Å². The van der Waals surface area contributed by atoms with Gasteiger partial charge in [-0.3, -0.25) is 0 Å². The van der Waals surface area contributed by atoms with E-state index in [4.69, 9.17) is 9.47 Å². The standard InChI is InChI=1S/C31H28N2O5S/c1-21(22-7-9-25(10-8-22)31(34)37-2)19-32-39(35,36)29-16-13-23-12-15-28(17-26(23)18-29)38-20-27-14-11-24-5-3-4-6-30(24)33-27/h3-18,21,32H,19-20H2,1-2H3. The zero-order valence-electron chi connectivity index (χ0n) is 21.6. The molecule has 0 radical (unpaired) electrons. The SMILES string of the molecule is COC(=O)c1ccc(C(C)CNS(=O)(=O)c2ccc3ccc(OCc4ccc5ccccc5n4)cc3c2)cc1. The predicted molar refractivity (Wildman–Crippen MR) is 151 cm³/mol. The molecule has 0 aliphatic rings. The maximum atomic E-state index is 13.1. The van der Waals surface area contributed by atoms with Crippen molar-refractivity contribution in [3.63, 3.8) is 0 Å². The van der Waals surface area contributed by atoms with E-state index in [0.717, 1.165) is 32.9 Å². The van der Waals surface area contributed by atoms with Gasteiger partial charge in [0.1, 0.15) is 12.4 Å². The van der Waals surface area contributed by atoms with Crippen LogP contribution in [0.3, 0.4) is 0 Å². The number of carbonyl (C=O) groups excluding carboxylic acids is 1. The number of carbonyl (C=O) groups is 1. The Labute approximate surface area is 227 Å². The summed E-state index contributed by atoms with van der Waals surface area (Å²) in [5.41, 5.74) is 3.07. The molecule has 1 heterocycles. The first kappa shape index (κ1) is 26.3. The number of nitrogens with one attached hydrogen (secondary N) is 1. The number of para-hydroxylation sites is 1. The monoisotopic (exact) mass is 540 g/mol. The van der Waals surface area contributed by atoms with E-state index in [0.29, 0.717) is 17.9 Å². The Morgan fingerprint density at radius 2 is 1.62 bits per heavy atom. The van der Waals surface area contributed by atoms with Gasteiger partial charge in [0.05, 0.1) is 28.8 Å². The normalized spacial score (nSPS) is 12.4. The largest absolute Gasteiger partial charge is 0.487 e. The number of fused-ring (bicyclic) bond motifs is 2. The average Bonchev–Trinajstić information content (AvgIpc) is 2.98. The molecule has 0 amide bonds. The van der Waals surface area contributed by atoms with Gasteiger partial charge in [0.2, 0.25) is 10.0 Å². The molecule has 1 N–H and O–H groups in total. The van der Waals surface area contributed by atoms with Crippen molar-refractivity contribution < 1.29 is 22.7 Å². The average molecular weight is 541 g/mol. The first-order chi connectivity index (χ1) is 18.8. The lowest BCUT2D eigenvalue weighted by Gasteiger charge is -2.14. The Bertz CT molecular complexity index is 1750. The summed E-state index contributed by atoms with van der Waals surface area (Å²) in [5.74, 6) is 0.116. The van der Waals surface area contributed by atoms with E-state index < -0.39 is 16.0 Å². The summed E-state index contributed by atoms with van der Waals surface area (Å²) < 4.78 is 39.6. The van der Waals surface area contributed by atoms with Crippen LogP contribution in [0.15, 0.2) is 102 Å². The summed E-state index contributed by atoms with van der Waals surface area (Å²) >= 11 is 0. The summed E-state index contributed by atoms with van der Waals surface area (Å²) in [6, 6.07) is 29.4. The highest BCUT2D eigenvalue weighted by Gasteiger charge is 2.17. The highest BCUT2D eigenvalue weighted by atomic mass is 32.2. The van der Waals surface area contributed by atoms with Crippen molar-refractivity contribution in [2.75, 3.05) is 13.7 Å². The fraction of sp³-hybridized carbons (Fsp3) is 0.161. The molecule has 0 saturated heterocycles. The number of ether oxygens (including phenoxy) is 2. The van der Waals surface area contributed by atoms with E-state index in [1.54, 1.807) is 42.5 Å². The summed E-state index contributed by atoms with van der Waals surface area (Å²) in [7, 11) is -2.41. The lowest BCUT2D eigenvalue weighted by molar-refractivity contribution is 0.0600. The molecule has 0 bridgehead atoms. The van der Waals surface area contributed by atoms with Gasteiger partial charge in [-0.15, -0.1) is 0 Å². The highest BCUT2D eigenvalue weighted by Crippen LogP contribution is 2.25. The molecule has 0 aliphatic heterocycles. The third-order valence-electron chi connectivity index (χ3n) is 6.62. The Balaban J connectivity index is 1.26. The molecule has 1 unspecified atom stereocenters. The molecule has 0 spiro atoms. The number of pyridine rings is 1. The topological polar surface area (TPSA) is 94.6 Å². The second-order valence-corrected chi connectivity index (χ2v) is 11.1. The van der Waals surface area contributed by atoms with Gasteiger partial charge in [0.15, 0.2) is 0 Å². The van der Waals surface area contributed by atoms with Crippen molar-refractivity contribution >= 4 is 37.7 Å². The van der Waals surface area contributed by atoms with Crippen molar-refractivity contribution in [1.82, 2.24) is 9.71 Å². The Kier molecular flexibility index (Phi) is 7.58. The molecular weight excluding hydrogens is 512 g/mol. The minimum absolute atomic E-state index is 0.101. The van der Waals surface area contributed by atoms with Gasteiger partial charge in [-0.05, 0) is 70.8 Å². The van der Waals surface area contributed by atoms with Gasteiger partial charge in [0, 0.05) is 11.9 Å². The van der Waals surface area contributed by atoms with Crippen LogP contribution in [0.5, 0.6) is 5.75 Å². The number of rotatable bonds is 9. The molecule has 8 heteroatoms. The van der Waals surface area contributed by atoms with Crippen LogP contribution in [-0.4, -0.2) is 33.0 Å². The van der Waals surface area contributed by atoms with Crippen LogP contribution in [-0.2, 0) is 21.4 Å².